The van der Waals surface area contributed by atoms with Crippen LogP contribution in [-0.4, -0.2) is 22.9 Å². The molecule has 0 saturated carbocycles. The highest BCUT2D eigenvalue weighted by Gasteiger charge is 2.22. The molecule has 0 bridgehead atoms. The molecule has 1 aromatic heterocycles. The van der Waals surface area contributed by atoms with E-state index in [9.17, 15) is 24.1 Å². The number of carbonyl (C=O) groups is 2. The van der Waals surface area contributed by atoms with Crippen LogP contribution in [0.5, 0.6) is 0 Å². The smallest absolute Gasteiger partial charge is 0.375 e. The quantitative estimate of drug-likeness (QED) is 0.339. The lowest BCUT2D eigenvalue weighted by molar-refractivity contribution is -0.384. The van der Waals surface area contributed by atoms with Gasteiger partial charge in [0.2, 0.25) is 5.76 Å². The van der Waals surface area contributed by atoms with E-state index in [-0.39, 0.29) is 22.2 Å². The highest BCUT2D eigenvalue weighted by atomic mass is 35.5. The van der Waals surface area contributed by atoms with Crippen molar-refractivity contribution in [3.63, 3.8) is 0 Å². The lowest BCUT2D eigenvalue weighted by Crippen LogP contribution is -2.30. The van der Waals surface area contributed by atoms with Crippen LogP contribution in [0.25, 0.3) is 11.3 Å². The largest absolute Gasteiger partial charge is 0.449 e. The summed E-state index contributed by atoms with van der Waals surface area (Å²) in [5.74, 6) is -1.95. The van der Waals surface area contributed by atoms with Crippen LogP contribution >= 0.6 is 11.6 Å². The summed E-state index contributed by atoms with van der Waals surface area (Å²) >= 11 is 5.85. The zero-order chi connectivity index (χ0) is 21.8. The van der Waals surface area contributed by atoms with Crippen molar-refractivity contribution >= 4 is 34.9 Å². The van der Waals surface area contributed by atoms with Crippen LogP contribution < -0.4 is 5.32 Å². The third kappa shape index (κ3) is 4.81. The summed E-state index contributed by atoms with van der Waals surface area (Å²) in [7, 11) is 0. The summed E-state index contributed by atoms with van der Waals surface area (Å²) < 4.78 is 23.6. The van der Waals surface area contributed by atoms with Crippen molar-refractivity contribution in [1.82, 2.24) is 0 Å². The van der Waals surface area contributed by atoms with Crippen molar-refractivity contribution in [3.05, 3.63) is 81.3 Å². The van der Waals surface area contributed by atoms with Crippen LogP contribution in [0.15, 0.2) is 59.0 Å². The zero-order valence-corrected chi connectivity index (χ0v) is 16.2. The topological polar surface area (TPSA) is 112 Å². The Morgan fingerprint density at radius 3 is 2.50 bits per heavy atom. The molecule has 1 N–H and O–H groups in total. The lowest BCUT2D eigenvalue weighted by Gasteiger charge is -2.13. The highest BCUT2D eigenvalue weighted by Crippen LogP contribution is 2.25. The van der Waals surface area contributed by atoms with Gasteiger partial charge in [0.1, 0.15) is 11.6 Å². The monoisotopic (exact) mass is 432 g/mol. The number of nitrogens with one attached hydrogen (secondary N) is 1. The average molecular weight is 433 g/mol. The summed E-state index contributed by atoms with van der Waals surface area (Å²) in [5.41, 5.74) is 0.617. The Hall–Kier alpha value is -3.72. The van der Waals surface area contributed by atoms with E-state index in [0.29, 0.717) is 11.3 Å². The number of nitrogens with zero attached hydrogens (tertiary/aromatic N) is 1. The molecule has 0 aliphatic carbocycles. The van der Waals surface area contributed by atoms with Crippen LogP contribution in [0.1, 0.15) is 17.5 Å². The van der Waals surface area contributed by atoms with Gasteiger partial charge >= 0.3 is 5.97 Å². The maximum absolute atomic E-state index is 13.1. The molecule has 154 valence electrons. The van der Waals surface area contributed by atoms with Crippen LogP contribution in [0.2, 0.25) is 5.02 Å². The first kappa shape index (κ1) is 21.0. The van der Waals surface area contributed by atoms with Gasteiger partial charge in [0, 0.05) is 17.7 Å². The van der Waals surface area contributed by atoms with E-state index in [1.54, 1.807) is 0 Å². The number of esters is 1. The van der Waals surface area contributed by atoms with Gasteiger partial charge < -0.3 is 14.5 Å². The minimum atomic E-state index is -1.19. The second-order valence-corrected chi connectivity index (χ2v) is 6.54. The van der Waals surface area contributed by atoms with Gasteiger partial charge in [-0.15, -0.1) is 0 Å². The second-order valence-electron chi connectivity index (χ2n) is 6.13. The first-order valence-electron chi connectivity index (χ1n) is 8.56. The molecular formula is C20H14ClFN2O6. The SMILES string of the molecule is C[C@H](OC(=O)c1ccc(-c2ccc([N+](=O)[O-])cc2)o1)C(=O)Nc1ccc(F)cc1Cl. The predicted octanol–water partition coefficient (Wildman–Crippen LogP) is 4.83. The molecule has 1 heterocycles. The van der Waals surface area contributed by atoms with Gasteiger partial charge in [0.05, 0.1) is 15.6 Å². The van der Waals surface area contributed by atoms with E-state index in [4.69, 9.17) is 20.8 Å². The van der Waals surface area contributed by atoms with Crippen LogP contribution in [0, 0.1) is 15.9 Å². The Bertz CT molecular complexity index is 1110. The number of ether oxygens (including phenoxy) is 1. The molecule has 8 nitrogen and oxygen atoms in total. The van der Waals surface area contributed by atoms with Crippen molar-refractivity contribution in [2.75, 3.05) is 5.32 Å². The standard InChI is InChI=1S/C20H14ClFN2O6/c1-11(19(25)23-16-7-4-13(22)10-15(16)21)29-20(26)18-9-8-17(30-18)12-2-5-14(6-3-12)24(27)28/h2-11H,1H3,(H,23,25)/t11-/m0/s1. The maximum Gasteiger partial charge on any atom is 0.375 e. The number of rotatable bonds is 6. The fourth-order valence-electron chi connectivity index (χ4n) is 2.45. The summed E-state index contributed by atoms with van der Waals surface area (Å²) in [6.45, 7) is 1.35. The normalized spacial score (nSPS) is 11.6. The number of benzene rings is 2. The highest BCUT2D eigenvalue weighted by molar-refractivity contribution is 6.33. The van der Waals surface area contributed by atoms with Gasteiger partial charge in [-0.25, -0.2) is 9.18 Å². The Morgan fingerprint density at radius 1 is 1.17 bits per heavy atom. The number of carbonyl (C=O) groups excluding carboxylic acids is 2. The van der Waals surface area contributed by atoms with Crippen molar-refractivity contribution in [2.24, 2.45) is 0 Å². The molecule has 1 amide bonds. The lowest BCUT2D eigenvalue weighted by atomic mass is 10.1. The Balaban J connectivity index is 1.64. The third-order valence-corrected chi connectivity index (χ3v) is 4.32. The summed E-state index contributed by atoms with van der Waals surface area (Å²) in [6.07, 6.45) is -1.19. The molecule has 2 aromatic carbocycles. The molecule has 3 rings (SSSR count). The Labute approximate surface area is 174 Å². The second kappa shape index (κ2) is 8.75. The summed E-state index contributed by atoms with van der Waals surface area (Å²) in [4.78, 5) is 34.6. The predicted molar refractivity (Wildman–Crippen MR) is 106 cm³/mol. The molecule has 3 aromatic rings. The van der Waals surface area contributed by atoms with Gasteiger partial charge in [0.25, 0.3) is 11.6 Å². The van der Waals surface area contributed by atoms with E-state index in [0.717, 1.165) is 12.1 Å². The fraction of sp³-hybridized carbons (Fsp3) is 0.100. The molecule has 0 fully saturated rings. The average Bonchev–Trinajstić information content (AvgIpc) is 3.20. The van der Waals surface area contributed by atoms with Crippen LogP contribution in [-0.2, 0) is 9.53 Å². The minimum absolute atomic E-state index is 0.000603. The van der Waals surface area contributed by atoms with Gasteiger partial charge in [-0.05, 0) is 49.4 Å². The molecule has 0 spiro atoms. The molecule has 1 atom stereocenters. The number of halogens is 2. The number of furan rings is 1. The van der Waals surface area contributed by atoms with Gasteiger partial charge in [-0.3, -0.25) is 14.9 Å². The molecule has 0 aliphatic heterocycles. The maximum atomic E-state index is 13.1. The number of amides is 1. The van der Waals surface area contributed by atoms with E-state index in [2.05, 4.69) is 5.32 Å². The third-order valence-electron chi connectivity index (χ3n) is 4.01. The molecular weight excluding hydrogens is 419 g/mol. The minimum Gasteiger partial charge on any atom is -0.449 e. The number of hydrogen-bond donors (Lipinski definition) is 1. The summed E-state index contributed by atoms with van der Waals surface area (Å²) in [5, 5.41) is 13.2. The van der Waals surface area contributed by atoms with Gasteiger partial charge in [-0.1, -0.05) is 11.6 Å². The number of non-ortho nitro benzene ring substituents is 1. The van der Waals surface area contributed by atoms with E-state index < -0.39 is 28.7 Å². The summed E-state index contributed by atoms with van der Waals surface area (Å²) in [6, 6.07) is 11.9. The van der Waals surface area contributed by atoms with E-state index >= 15 is 0 Å². The van der Waals surface area contributed by atoms with Crippen LogP contribution in [0.4, 0.5) is 15.8 Å². The molecule has 0 radical (unpaired) electrons. The van der Waals surface area contributed by atoms with Crippen molar-refractivity contribution < 1.29 is 28.1 Å². The Morgan fingerprint density at radius 2 is 1.87 bits per heavy atom. The first-order chi connectivity index (χ1) is 14.2. The molecule has 0 unspecified atom stereocenters. The van der Waals surface area contributed by atoms with E-state index in [1.165, 1.54) is 49.4 Å². The van der Waals surface area contributed by atoms with E-state index in [1.807, 2.05) is 0 Å². The number of hydrogen-bond acceptors (Lipinski definition) is 6. The molecule has 10 heteroatoms. The molecule has 0 saturated heterocycles. The van der Waals surface area contributed by atoms with Crippen LogP contribution in [0.3, 0.4) is 0 Å². The first-order valence-corrected chi connectivity index (χ1v) is 8.94. The van der Waals surface area contributed by atoms with Gasteiger partial charge in [-0.2, -0.15) is 0 Å². The fourth-order valence-corrected chi connectivity index (χ4v) is 2.66. The van der Waals surface area contributed by atoms with Crippen molar-refractivity contribution in [3.8, 4) is 11.3 Å². The number of nitro benzene ring substituents is 1. The number of nitro groups is 1. The molecule has 30 heavy (non-hydrogen) atoms. The van der Waals surface area contributed by atoms with Gasteiger partial charge in [0.15, 0.2) is 6.10 Å². The van der Waals surface area contributed by atoms with Crippen molar-refractivity contribution in [2.45, 2.75) is 13.0 Å². The van der Waals surface area contributed by atoms with Crippen molar-refractivity contribution in [1.29, 1.82) is 0 Å². The molecule has 0 aliphatic rings. The Kier molecular flexibility index (Phi) is 6.12. The number of anilines is 1. The zero-order valence-electron chi connectivity index (χ0n) is 15.4.